The third kappa shape index (κ3) is 3.13. The summed E-state index contributed by atoms with van der Waals surface area (Å²) in [6.45, 7) is 7.57. The van der Waals surface area contributed by atoms with Gasteiger partial charge in [-0.05, 0) is 63.6 Å². The van der Waals surface area contributed by atoms with Crippen LogP contribution in [0.25, 0.3) is 0 Å². The van der Waals surface area contributed by atoms with E-state index in [0.29, 0.717) is 23.4 Å². The van der Waals surface area contributed by atoms with E-state index in [0.717, 1.165) is 5.57 Å². The van der Waals surface area contributed by atoms with E-state index in [2.05, 4.69) is 0 Å². The second-order valence-corrected chi connectivity index (χ2v) is 10.4. The van der Waals surface area contributed by atoms with Crippen molar-refractivity contribution in [1.82, 2.24) is 4.90 Å². The molecular formula is C23H25NO5S. The van der Waals surface area contributed by atoms with E-state index in [1.807, 2.05) is 6.92 Å². The lowest BCUT2D eigenvalue weighted by atomic mass is 9.85. The van der Waals surface area contributed by atoms with Crippen LogP contribution in [-0.4, -0.2) is 42.6 Å². The van der Waals surface area contributed by atoms with E-state index in [-0.39, 0.29) is 15.7 Å². The van der Waals surface area contributed by atoms with Gasteiger partial charge < -0.3 is 14.7 Å². The Kier molecular flexibility index (Phi) is 4.78. The number of aliphatic hydroxyl groups is 1. The van der Waals surface area contributed by atoms with Gasteiger partial charge in [-0.2, -0.15) is 0 Å². The van der Waals surface area contributed by atoms with Crippen molar-refractivity contribution in [2.45, 2.75) is 55.2 Å². The number of sulfone groups is 1. The van der Waals surface area contributed by atoms with Crippen LogP contribution in [-0.2, 0) is 14.6 Å². The van der Waals surface area contributed by atoms with Crippen LogP contribution in [0, 0.1) is 0 Å². The Morgan fingerprint density at radius 2 is 1.73 bits per heavy atom. The van der Waals surface area contributed by atoms with Crippen molar-refractivity contribution in [2.75, 3.05) is 6.54 Å². The summed E-state index contributed by atoms with van der Waals surface area (Å²) in [5.41, 5.74) is 1.14. The van der Waals surface area contributed by atoms with Crippen molar-refractivity contribution in [2.24, 2.45) is 0 Å². The second kappa shape index (κ2) is 6.96. The average Bonchev–Trinajstić information content (AvgIpc) is 2.96. The molecule has 7 heteroatoms. The van der Waals surface area contributed by atoms with Crippen molar-refractivity contribution in [1.29, 1.82) is 0 Å². The molecule has 2 aliphatic heterocycles. The highest BCUT2D eigenvalue weighted by Crippen LogP contribution is 2.45. The van der Waals surface area contributed by atoms with Crippen molar-refractivity contribution >= 4 is 15.7 Å². The van der Waals surface area contributed by atoms with Crippen LogP contribution in [0.4, 0.5) is 0 Å². The van der Waals surface area contributed by atoms with Gasteiger partial charge >= 0.3 is 0 Å². The zero-order valence-electron chi connectivity index (χ0n) is 17.4. The Labute approximate surface area is 176 Å². The van der Waals surface area contributed by atoms with Crippen molar-refractivity contribution in [3.8, 4) is 5.75 Å². The molecule has 2 heterocycles. The van der Waals surface area contributed by atoms with Crippen LogP contribution in [0.2, 0.25) is 0 Å². The van der Waals surface area contributed by atoms with Gasteiger partial charge in [-0.1, -0.05) is 18.2 Å². The summed E-state index contributed by atoms with van der Waals surface area (Å²) < 4.78 is 32.3. The summed E-state index contributed by atoms with van der Waals surface area (Å²) in [7, 11) is -3.75. The molecule has 1 N–H and O–H groups in total. The molecule has 0 aliphatic carbocycles. The summed E-state index contributed by atoms with van der Waals surface area (Å²) in [6, 6.07) is 12.1. The Bertz CT molecular complexity index is 1150. The van der Waals surface area contributed by atoms with Crippen LogP contribution in [0.1, 0.15) is 39.3 Å². The number of rotatable bonds is 3. The smallest absolute Gasteiger partial charge is 0.250 e. The zero-order valence-corrected chi connectivity index (χ0v) is 18.2. The van der Waals surface area contributed by atoms with E-state index in [1.54, 1.807) is 62.1 Å². The van der Waals surface area contributed by atoms with Gasteiger partial charge in [0.2, 0.25) is 15.7 Å². The maximum atomic E-state index is 13.1. The fourth-order valence-corrected chi connectivity index (χ4v) is 5.37. The van der Waals surface area contributed by atoms with Gasteiger partial charge in [0, 0.05) is 17.7 Å². The van der Waals surface area contributed by atoms with Gasteiger partial charge in [0.15, 0.2) is 0 Å². The monoisotopic (exact) mass is 427 g/mol. The molecule has 0 saturated heterocycles. The first kappa shape index (κ1) is 20.6. The third-order valence-electron chi connectivity index (χ3n) is 6.01. The molecule has 0 unspecified atom stereocenters. The first-order valence-electron chi connectivity index (χ1n) is 9.82. The highest BCUT2D eigenvalue weighted by Gasteiger charge is 2.48. The summed E-state index contributed by atoms with van der Waals surface area (Å²) >= 11 is 0. The molecule has 0 radical (unpaired) electrons. The van der Waals surface area contributed by atoms with E-state index in [1.165, 1.54) is 12.1 Å². The zero-order chi connectivity index (χ0) is 21.8. The maximum Gasteiger partial charge on any atom is 0.250 e. The first-order chi connectivity index (χ1) is 14.0. The quantitative estimate of drug-likeness (QED) is 0.813. The van der Waals surface area contributed by atoms with E-state index in [4.69, 9.17) is 4.74 Å². The van der Waals surface area contributed by atoms with Gasteiger partial charge in [0.25, 0.3) is 0 Å². The number of hydrogen-bond donors (Lipinski definition) is 1. The number of amides is 1. The van der Waals surface area contributed by atoms with Crippen molar-refractivity contribution in [3.05, 3.63) is 65.2 Å². The molecule has 6 nitrogen and oxygen atoms in total. The molecule has 2 aliphatic rings. The molecule has 30 heavy (non-hydrogen) atoms. The van der Waals surface area contributed by atoms with E-state index >= 15 is 0 Å². The van der Waals surface area contributed by atoms with Gasteiger partial charge in [-0.25, -0.2) is 8.42 Å². The Morgan fingerprint density at radius 3 is 2.33 bits per heavy atom. The maximum absolute atomic E-state index is 13.1. The number of ether oxygens (including phenoxy) is 1. The summed E-state index contributed by atoms with van der Waals surface area (Å²) in [4.78, 5) is 14.8. The van der Waals surface area contributed by atoms with E-state index in [9.17, 15) is 18.3 Å². The normalized spacial score (nSPS) is 23.4. The molecule has 0 spiro atoms. The molecule has 0 saturated carbocycles. The number of aliphatic hydroxyl groups excluding tert-OH is 1. The van der Waals surface area contributed by atoms with Crippen molar-refractivity contribution in [3.63, 3.8) is 0 Å². The molecule has 2 aromatic carbocycles. The summed E-state index contributed by atoms with van der Waals surface area (Å²) in [6.07, 6.45) is -1.03. The fourth-order valence-electron chi connectivity index (χ4n) is 4.05. The third-order valence-corrected chi connectivity index (χ3v) is 7.78. The molecule has 0 aromatic heterocycles. The Hall–Kier alpha value is -2.64. The van der Waals surface area contributed by atoms with Crippen LogP contribution >= 0.6 is 0 Å². The van der Waals surface area contributed by atoms with Crippen LogP contribution in [0.15, 0.2) is 69.5 Å². The minimum Gasteiger partial charge on any atom is -0.485 e. The van der Waals surface area contributed by atoms with Gasteiger partial charge in [0.05, 0.1) is 15.8 Å². The second-order valence-electron chi connectivity index (χ2n) is 8.45. The number of fused-ring (bicyclic) bond motifs is 1. The van der Waals surface area contributed by atoms with E-state index < -0.39 is 27.6 Å². The molecule has 2 aromatic rings. The standard InChI is InChI=1S/C23H25NO5S/c1-14-13-24(22(26)15(14)2)20-18-12-17(30(27,28)16-8-6-5-7-9-16)10-11-19(18)29-23(3,4)21(20)25/h5-12,20-21,25H,13H2,1-4H3/t20-,21+/m0/s1. The lowest BCUT2D eigenvalue weighted by molar-refractivity contribution is -0.138. The predicted octanol–water partition coefficient (Wildman–Crippen LogP) is 3.27. The van der Waals surface area contributed by atoms with Gasteiger partial charge in [-0.3, -0.25) is 4.79 Å². The highest BCUT2D eigenvalue weighted by atomic mass is 32.2. The van der Waals surface area contributed by atoms with Gasteiger partial charge in [0.1, 0.15) is 17.5 Å². The Balaban J connectivity index is 1.85. The van der Waals surface area contributed by atoms with Crippen LogP contribution in [0.3, 0.4) is 0 Å². The van der Waals surface area contributed by atoms with Crippen molar-refractivity contribution < 1.29 is 23.1 Å². The summed E-state index contributed by atoms with van der Waals surface area (Å²) in [5, 5.41) is 11.1. The molecule has 158 valence electrons. The number of carbonyl (C=O) groups is 1. The van der Waals surface area contributed by atoms with Gasteiger partial charge in [-0.15, -0.1) is 0 Å². The molecule has 1 amide bonds. The number of hydrogen-bond acceptors (Lipinski definition) is 5. The molecule has 4 rings (SSSR count). The molecule has 2 atom stereocenters. The predicted molar refractivity (Wildman–Crippen MR) is 112 cm³/mol. The Morgan fingerprint density at radius 1 is 1.07 bits per heavy atom. The SMILES string of the molecule is CC1=C(C)C(=O)N([C@H]2c3cc(S(=O)(=O)c4ccccc4)ccc3OC(C)(C)[C@@H]2O)C1. The first-order valence-corrected chi connectivity index (χ1v) is 11.3. The molecular weight excluding hydrogens is 402 g/mol. The largest absolute Gasteiger partial charge is 0.485 e. The number of nitrogens with zero attached hydrogens (tertiary/aromatic N) is 1. The average molecular weight is 428 g/mol. The minimum absolute atomic E-state index is 0.0982. The molecule has 0 fully saturated rings. The topological polar surface area (TPSA) is 83.9 Å². The number of carbonyl (C=O) groups excluding carboxylic acids is 1. The lowest BCUT2D eigenvalue weighted by Gasteiger charge is -2.45. The number of benzene rings is 2. The minimum atomic E-state index is -3.75. The lowest BCUT2D eigenvalue weighted by Crippen LogP contribution is -2.54. The highest BCUT2D eigenvalue weighted by molar-refractivity contribution is 7.91. The summed E-state index contributed by atoms with van der Waals surface area (Å²) in [5.74, 6) is 0.314. The van der Waals surface area contributed by atoms with Crippen LogP contribution in [0.5, 0.6) is 5.75 Å². The van der Waals surface area contributed by atoms with Crippen LogP contribution < -0.4 is 4.74 Å². The fraction of sp³-hybridized carbons (Fsp3) is 0.348. The molecule has 0 bridgehead atoms.